The number of halogens is 2. The van der Waals surface area contributed by atoms with Crippen molar-refractivity contribution in [1.29, 1.82) is 5.26 Å². The van der Waals surface area contributed by atoms with E-state index >= 15 is 0 Å². The Morgan fingerprint density at radius 2 is 1.89 bits per heavy atom. The van der Waals surface area contributed by atoms with Crippen molar-refractivity contribution >= 4 is 10.0 Å². The first kappa shape index (κ1) is 15.5. The molecule has 0 aliphatic rings. The lowest BCUT2D eigenvalue weighted by atomic mass is 9.97. The Kier molecular flexibility index (Phi) is 4.61. The second-order valence-corrected chi connectivity index (χ2v) is 5.73. The number of hydrogen-bond acceptors (Lipinski definition) is 3. The Balaban J connectivity index is 3.22. The van der Waals surface area contributed by atoms with Gasteiger partial charge in [-0.1, -0.05) is 13.8 Å². The molecule has 19 heavy (non-hydrogen) atoms. The SMILES string of the molecule is CCC(C#N)(CC)NS(=O)(=O)c1ccc(F)cc1F. The summed E-state index contributed by atoms with van der Waals surface area (Å²) in [6, 6.07) is 4.06. The van der Waals surface area contributed by atoms with Gasteiger partial charge in [0.05, 0.1) is 6.07 Å². The van der Waals surface area contributed by atoms with E-state index in [-0.39, 0.29) is 12.8 Å². The van der Waals surface area contributed by atoms with Crippen molar-refractivity contribution in [1.82, 2.24) is 4.72 Å². The molecule has 0 aromatic heterocycles. The number of hydrogen-bond donors (Lipinski definition) is 1. The molecule has 0 fully saturated rings. The van der Waals surface area contributed by atoms with Crippen molar-refractivity contribution in [2.75, 3.05) is 0 Å². The van der Waals surface area contributed by atoms with Gasteiger partial charge in [-0.3, -0.25) is 0 Å². The second kappa shape index (κ2) is 5.63. The Morgan fingerprint density at radius 3 is 2.32 bits per heavy atom. The Labute approximate surface area is 111 Å². The average Bonchev–Trinajstić information content (AvgIpc) is 2.35. The topological polar surface area (TPSA) is 70.0 Å². The Morgan fingerprint density at radius 1 is 1.32 bits per heavy atom. The molecule has 1 aromatic carbocycles. The largest absolute Gasteiger partial charge is 0.244 e. The first-order chi connectivity index (χ1) is 8.80. The molecule has 0 bridgehead atoms. The van der Waals surface area contributed by atoms with Gasteiger partial charge in [0.15, 0.2) is 0 Å². The summed E-state index contributed by atoms with van der Waals surface area (Å²) < 4.78 is 52.5. The summed E-state index contributed by atoms with van der Waals surface area (Å²) in [6.45, 7) is 3.30. The molecule has 0 aliphatic carbocycles. The molecular weight excluding hydrogens is 274 g/mol. The summed E-state index contributed by atoms with van der Waals surface area (Å²) in [6.07, 6.45) is 0.476. The molecule has 4 nitrogen and oxygen atoms in total. The lowest BCUT2D eigenvalue weighted by Gasteiger charge is -2.24. The van der Waals surface area contributed by atoms with Crippen molar-refractivity contribution in [3.05, 3.63) is 29.8 Å². The van der Waals surface area contributed by atoms with Gasteiger partial charge in [0.1, 0.15) is 22.1 Å². The number of rotatable bonds is 5. The zero-order valence-electron chi connectivity index (χ0n) is 10.6. The van der Waals surface area contributed by atoms with Crippen LogP contribution in [-0.4, -0.2) is 14.0 Å². The molecule has 0 heterocycles. The minimum atomic E-state index is -4.22. The minimum absolute atomic E-state index is 0.238. The highest BCUT2D eigenvalue weighted by Crippen LogP contribution is 2.21. The highest BCUT2D eigenvalue weighted by atomic mass is 32.2. The van der Waals surface area contributed by atoms with Crippen LogP contribution in [0.15, 0.2) is 23.1 Å². The fraction of sp³-hybridized carbons (Fsp3) is 0.417. The van der Waals surface area contributed by atoms with Crippen LogP contribution in [0.4, 0.5) is 8.78 Å². The van der Waals surface area contributed by atoms with Crippen LogP contribution in [0, 0.1) is 23.0 Å². The van der Waals surface area contributed by atoms with Crippen LogP contribution in [-0.2, 0) is 10.0 Å². The third-order valence-corrected chi connectivity index (χ3v) is 4.50. The predicted molar refractivity (Wildman–Crippen MR) is 65.6 cm³/mol. The van der Waals surface area contributed by atoms with E-state index in [1.165, 1.54) is 0 Å². The fourth-order valence-corrected chi connectivity index (χ4v) is 3.10. The van der Waals surface area contributed by atoms with Crippen LogP contribution >= 0.6 is 0 Å². The van der Waals surface area contributed by atoms with Gasteiger partial charge in [-0.15, -0.1) is 0 Å². The fourth-order valence-electron chi connectivity index (χ4n) is 1.58. The highest BCUT2D eigenvalue weighted by molar-refractivity contribution is 7.89. The number of sulfonamides is 1. The van der Waals surface area contributed by atoms with Crippen LogP contribution in [0.25, 0.3) is 0 Å². The lowest BCUT2D eigenvalue weighted by molar-refractivity contribution is 0.444. The highest BCUT2D eigenvalue weighted by Gasteiger charge is 2.33. The molecular formula is C12H14F2N2O2S. The van der Waals surface area contributed by atoms with Crippen molar-refractivity contribution in [3.63, 3.8) is 0 Å². The molecule has 0 saturated carbocycles. The van der Waals surface area contributed by atoms with Gasteiger partial charge >= 0.3 is 0 Å². The quantitative estimate of drug-likeness (QED) is 0.904. The van der Waals surface area contributed by atoms with E-state index in [1.54, 1.807) is 13.8 Å². The maximum absolute atomic E-state index is 13.5. The predicted octanol–water partition coefficient (Wildman–Crippen LogP) is 2.33. The molecule has 0 amide bonds. The molecule has 0 aliphatic heterocycles. The van der Waals surface area contributed by atoms with Crippen LogP contribution in [0.3, 0.4) is 0 Å². The molecule has 0 spiro atoms. The zero-order chi connectivity index (χ0) is 14.7. The second-order valence-electron chi connectivity index (χ2n) is 4.08. The van der Waals surface area contributed by atoms with Crippen LogP contribution < -0.4 is 4.72 Å². The number of nitrogens with zero attached hydrogens (tertiary/aromatic N) is 1. The minimum Gasteiger partial charge on any atom is -0.207 e. The van der Waals surface area contributed by atoms with Crippen LogP contribution in [0.5, 0.6) is 0 Å². The number of nitriles is 1. The first-order valence-electron chi connectivity index (χ1n) is 5.70. The van der Waals surface area contributed by atoms with E-state index in [0.29, 0.717) is 6.07 Å². The van der Waals surface area contributed by atoms with E-state index in [0.717, 1.165) is 12.1 Å². The van der Waals surface area contributed by atoms with Crippen molar-refractivity contribution < 1.29 is 17.2 Å². The van der Waals surface area contributed by atoms with Gasteiger partial charge < -0.3 is 0 Å². The molecule has 0 unspecified atom stereocenters. The summed E-state index contributed by atoms with van der Waals surface area (Å²) >= 11 is 0. The van der Waals surface area contributed by atoms with E-state index < -0.39 is 32.1 Å². The Bertz CT molecular complexity index is 605. The summed E-state index contributed by atoms with van der Waals surface area (Å²) in [5.41, 5.74) is -1.29. The van der Waals surface area contributed by atoms with Crippen molar-refractivity contribution in [2.45, 2.75) is 37.1 Å². The smallest absolute Gasteiger partial charge is 0.207 e. The van der Waals surface area contributed by atoms with Crippen molar-refractivity contribution in [3.8, 4) is 6.07 Å². The molecule has 1 N–H and O–H groups in total. The maximum Gasteiger partial charge on any atom is 0.244 e. The average molecular weight is 288 g/mol. The van der Waals surface area contributed by atoms with E-state index in [2.05, 4.69) is 4.72 Å². The summed E-state index contributed by atoms with van der Waals surface area (Å²) in [4.78, 5) is -0.671. The zero-order valence-corrected chi connectivity index (χ0v) is 11.4. The monoisotopic (exact) mass is 288 g/mol. The molecule has 0 saturated heterocycles. The molecule has 104 valence electrons. The summed E-state index contributed by atoms with van der Waals surface area (Å²) in [5, 5.41) is 9.07. The first-order valence-corrected chi connectivity index (χ1v) is 7.19. The van der Waals surface area contributed by atoms with Gasteiger partial charge in [-0.2, -0.15) is 9.98 Å². The summed E-state index contributed by atoms with van der Waals surface area (Å²) in [7, 11) is -4.22. The molecule has 0 atom stereocenters. The van der Waals surface area contributed by atoms with E-state index in [1.807, 2.05) is 6.07 Å². The lowest BCUT2D eigenvalue weighted by Crippen LogP contribution is -2.46. The number of nitrogens with one attached hydrogen (secondary N) is 1. The number of benzene rings is 1. The van der Waals surface area contributed by atoms with E-state index in [4.69, 9.17) is 5.26 Å². The normalized spacial score (nSPS) is 12.2. The Hall–Kier alpha value is -1.52. The van der Waals surface area contributed by atoms with Gasteiger partial charge in [-0.05, 0) is 25.0 Å². The maximum atomic E-state index is 13.5. The molecule has 1 aromatic rings. The van der Waals surface area contributed by atoms with Gasteiger partial charge in [0, 0.05) is 6.07 Å². The summed E-state index contributed by atoms with van der Waals surface area (Å²) in [5.74, 6) is -2.06. The van der Waals surface area contributed by atoms with Crippen LogP contribution in [0.2, 0.25) is 0 Å². The molecule has 0 radical (unpaired) electrons. The van der Waals surface area contributed by atoms with Crippen LogP contribution in [0.1, 0.15) is 26.7 Å². The van der Waals surface area contributed by atoms with Gasteiger partial charge in [0.25, 0.3) is 0 Å². The molecule has 1 rings (SSSR count). The standard InChI is InChI=1S/C12H14F2N2O2S/c1-3-12(4-2,8-15)16-19(17,18)11-6-5-9(13)7-10(11)14/h5-7,16H,3-4H2,1-2H3. The van der Waals surface area contributed by atoms with Gasteiger partial charge in [-0.25, -0.2) is 17.2 Å². The van der Waals surface area contributed by atoms with Crippen molar-refractivity contribution in [2.24, 2.45) is 0 Å². The third kappa shape index (κ3) is 3.28. The third-order valence-electron chi connectivity index (χ3n) is 2.93. The van der Waals surface area contributed by atoms with E-state index in [9.17, 15) is 17.2 Å². The van der Waals surface area contributed by atoms with Gasteiger partial charge in [0.2, 0.25) is 10.0 Å². The molecule has 7 heteroatoms.